The van der Waals surface area contributed by atoms with E-state index in [-0.39, 0.29) is 5.46 Å². The summed E-state index contributed by atoms with van der Waals surface area (Å²) in [6, 6.07) is -0.852. The Balaban J connectivity index is 2.55. The maximum Gasteiger partial charge on any atom is 0.500 e. The lowest BCUT2D eigenvalue weighted by atomic mass is 9.80. The van der Waals surface area contributed by atoms with Crippen molar-refractivity contribution in [3.8, 4) is 5.88 Å². The normalized spacial score (nSPS) is 27.4. The van der Waals surface area contributed by atoms with Gasteiger partial charge >= 0.3 is 7.12 Å². The van der Waals surface area contributed by atoms with Crippen LogP contribution < -0.4 is 10.2 Å². The number of methoxy groups -OCH3 is 1. The molecule has 5 heteroatoms. The van der Waals surface area contributed by atoms with Gasteiger partial charge in [0.25, 0.3) is 0 Å². The number of rotatable bonds is 2. The molecule has 0 aromatic carbocycles. The van der Waals surface area contributed by atoms with Crippen molar-refractivity contribution in [1.82, 2.24) is 4.98 Å². The predicted octanol–water partition coefficient (Wildman–Crippen LogP) is 1.39. The fourth-order valence-electron chi connectivity index (χ4n) is 1.49. The van der Waals surface area contributed by atoms with Gasteiger partial charge in [0.15, 0.2) is 0 Å². The number of hydrogen-bond donors (Lipinski definition) is 0. The molecule has 0 saturated carbocycles. The first kappa shape index (κ1) is 6.76. The lowest BCUT2D eigenvalue weighted by Gasteiger charge is -2.32. The highest BCUT2D eigenvalue weighted by molar-refractivity contribution is 6.63. The summed E-state index contributed by atoms with van der Waals surface area (Å²) in [5, 5.41) is 0. The molecule has 2 heterocycles. The van der Waals surface area contributed by atoms with Gasteiger partial charge in [-0.3, -0.25) is 0 Å². The van der Waals surface area contributed by atoms with Crippen molar-refractivity contribution in [1.29, 1.82) is 0 Å². The molecule has 17 heavy (non-hydrogen) atoms. The number of pyridine rings is 1. The van der Waals surface area contributed by atoms with Gasteiger partial charge in [-0.1, -0.05) is 6.04 Å². The molecule has 1 aromatic rings. The third-order valence-corrected chi connectivity index (χ3v) is 3.23. The maximum atomic E-state index is 8.04. The zero-order valence-corrected chi connectivity index (χ0v) is 10.2. The van der Waals surface area contributed by atoms with Crippen LogP contribution in [0.1, 0.15) is 35.9 Å². The van der Waals surface area contributed by atoms with E-state index in [2.05, 4.69) is 4.98 Å². The minimum Gasteiger partial charge on any atom is -0.481 e. The first-order chi connectivity index (χ1) is 10.3. The van der Waals surface area contributed by atoms with Crippen LogP contribution in [0.2, 0.25) is 0 Å². The summed E-state index contributed by atoms with van der Waals surface area (Å²) in [6.45, 7) is 7.20. The molecule has 92 valence electrons. The summed E-state index contributed by atoms with van der Waals surface area (Å²) in [7, 11) is -3.92. The van der Waals surface area contributed by atoms with Crippen molar-refractivity contribution in [3.05, 3.63) is 18.3 Å². The summed E-state index contributed by atoms with van der Waals surface area (Å²) in [5.41, 5.74) is -1.53. The van der Waals surface area contributed by atoms with Gasteiger partial charge in [-0.15, -0.1) is 0 Å². The Hall–Kier alpha value is -1.07. The van der Waals surface area contributed by atoms with Crippen molar-refractivity contribution in [3.63, 3.8) is 0 Å². The Kier molecular flexibility index (Phi) is 1.59. The largest absolute Gasteiger partial charge is 0.500 e. The molecular weight excluding hydrogens is 217 g/mol. The zero-order valence-electron chi connectivity index (χ0n) is 16.2. The van der Waals surface area contributed by atoms with Crippen LogP contribution in [0, 0.1) is 0 Å². The van der Waals surface area contributed by atoms with E-state index >= 15 is 0 Å². The van der Waals surface area contributed by atoms with Crippen LogP contribution in [0.25, 0.3) is 0 Å². The van der Waals surface area contributed by atoms with Crippen molar-refractivity contribution < 1.29 is 22.3 Å². The fraction of sp³-hybridized carbons (Fsp3) is 0.583. The summed E-state index contributed by atoms with van der Waals surface area (Å²) in [5.74, 6) is -0.450. The topological polar surface area (TPSA) is 40.6 Å². The van der Waals surface area contributed by atoms with E-state index in [1.807, 2.05) is 0 Å². The van der Waals surface area contributed by atoms with Crippen LogP contribution in [0.3, 0.4) is 0 Å². The fourth-order valence-corrected chi connectivity index (χ4v) is 1.49. The average Bonchev–Trinajstić information content (AvgIpc) is 2.53. The number of nitrogens with zero attached hydrogens (tertiary/aromatic N) is 1. The second-order valence-corrected chi connectivity index (χ2v) is 4.88. The number of hydrogen-bond acceptors (Lipinski definition) is 4. The Morgan fingerprint density at radius 1 is 1.35 bits per heavy atom. The minimum absolute atomic E-state index is 0.0965. The van der Waals surface area contributed by atoms with Crippen LogP contribution in [-0.2, 0) is 9.31 Å². The van der Waals surface area contributed by atoms with E-state index < -0.39 is 49.5 Å². The third-order valence-electron chi connectivity index (χ3n) is 3.23. The van der Waals surface area contributed by atoms with Crippen molar-refractivity contribution >= 4 is 12.6 Å². The van der Waals surface area contributed by atoms with Gasteiger partial charge in [-0.2, -0.15) is 0 Å². The van der Waals surface area contributed by atoms with Crippen molar-refractivity contribution in [2.24, 2.45) is 0 Å². The second kappa shape index (κ2) is 4.00. The lowest BCUT2D eigenvalue weighted by molar-refractivity contribution is 0.00578. The summed E-state index contributed by atoms with van der Waals surface area (Å²) >= 11 is 0. The molecule has 1 aliphatic rings. The van der Waals surface area contributed by atoms with Crippen LogP contribution in [0.5, 0.6) is 5.88 Å². The standard InChI is InChI=1S/C12H18BNO3/c1-11(2)12(3,4)17-13(16-11)9-7-6-8-14-10(9)15-5/h6-8H,1-5H3/i5D3,6D,7D,8D. The van der Waals surface area contributed by atoms with Gasteiger partial charge in [0, 0.05) is 11.6 Å². The molecule has 0 bridgehead atoms. The van der Waals surface area contributed by atoms with Gasteiger partial charge in [0.1, 0.15) is 0 Å². The highest BCUT2D eigenvalue weighted by Crippen LogP contribution is 2.36. The Morgan fingerprint density at radius 2 is 2.00 bits per heavy atom. The molecular formula is C12H18BNO3. The first-order valence-corrected chi connectivity index (χ1v) is 5.27. The van der Waals surface area contributed by atoms with Crippen molar-refractivity contribution in [2.75, 3.05) is 7.04 Å². The van der Waals surface area contributed by atoms with Gasteiger partial charge in [0.05, 0.1) is 26.5 Å². The molecule has 1 aromatic heterocycles. The average molecular weight is 241 g/mol. The molecule has 0 aliphatic carbocycles. The zero-order chi connectivity index (χ0) is 17.8. The molecule has 4 nitrogen and oxygen atoms in total. The van der Waals surface area contributed by atoms with E-state index in [9.17, 15) is 0 Å². The van der Waals surface area contributed by atoms with Crippen LogP contribution in [0.15, 0.2) is 18.3 Å². The summed E-state index contributed by atoms with van der Waals surface area (Å²) < 4.78 is 61.3. The monoisotopic (exact) mass is 241 g/mol. The molecule has 0 atom stereocenters. The molecule has 2 rings (SSSR count). The highest BCUT2D eigenvalue weighted by Gasteiger charge is 2.52. The molecule has 1 aliphatic heterocycles. The molecule has 0 radical (unpaired) electrons. The van der Waals surface area contributed by atoms with E-state index in [0.717, 1.165) is 0 Å². The highest BCUT2D eigenvalue weighted by atomic mass is 16.7. The Labute approximate surface area is 111 Å². The van der Waals surface area contributed by atoms with E-state index in [1.165, 1.54) is 0 Å². The van der Waals surface area contributed by atoms with Crippen LogP contribution in [0.4, 0.5) is 0 Å². The molecule has 1 fully saturated rings. The Morgan fingerprint density at radius 3 is 2.59 bits per heavy atom. The van der Waals surface area contributed by atoms with Crippen LogP contribution >= 0.6 is 0 Å². The predicted molar refractivity (Wildman–Crippen MR) is 66.5 cm³/mol. The molecule has 1 saturated heterocycles. The van der Waals surface area contributed by atoms with Crippen molar-refractivity contribution in [2.45, 2.75) is 38.9 Å². The lowest BCUT2D eigenvalue weighted by Crippen LogP contribution is -2.41. The van der Waals surface area contributed by atoms with Gasteiger partial charge < -0.3 is 14.0 Å². The first-order valence-electron chi connectivity index (χ1n) is 8.27. The van der Waals surface area contributed by atoms with E-state index in [4.69, 9.17) is 22.3 Å². The molecule has 0 spiro atoms. The molecule has 0 N–H and O–H groups in total. The SMILES string of the molecule is [2H]c1nc(OC([2H])([2H])[2H])c(B2OC(C)(C)C(C)(C)O2)c([2H])c1[2H]. The van der Waals surface area contributed by atoms with E-state index in [0.29, 0.717) is 0 Å². The van der Waals surface area contributed by atoms with Crippen LogP contribution in [-0.4, -0.2) is 30.3 Å². The van der Waals surface area contributed by atoms with Gasteiger partial charge in [-0.05, 0) is 33.7 Å². The third kappa shape index (κ3) is 2.05. The number of aromatic nitrogens is 1. The minimum atomic E-state index is -2.81. The molecule has 0 amide bonds. The van der Waals surface area contributed by atoms with E-state index in [1.54, 1.807) is 27.7 Å². The summed E-state index contributed by atoms with van der Waals surface area (Å²) in [6.07, 6.45) is -0.547. The van der Waals surface area contributed by atoms with Gasteiger partial charge in [-0.25, -0.2) is 4.98 Å². The Bertz CT molecular complexity index is 618. The second-order valence-electron chi connectivity index (χ2n) is 4.88. The summed E-state index contributed by atoms with van der Waals surface area (Å²) in [4.78, 5) is 3.68. The van der Waals surface area contributed by atoms with Gasteiger partial charge in [0.2, 0.25) is 5.88 Å². The smallest absolute Gasteiger partial charge is 0.481 e. The number of ether oxygens (including phenoxy) is 1. The maximum absolute atomic E-state index is 8.04. The molecule has 0 unspecified atom stereocenters. The quantitative estimate of drug-likeness (QED) is 0.733.